The Bertz CT molecular complexity index is 1190. The molecule has 1 N–H and O–H groups in total. The van der Waals surface area contributed by atoms with Gasteiger partial charge in [-0.25, -0.2) is 0 Å². The zero-order chi connectivity index (χ0) is 21.8. The molecule has 3 heterocycles. The predicted molar refractivity (Wildman–Crippen MR) is 115 cm³/mol. The molecule has 0 fully saturated rings. The number of carbonyl (C=O) groups is 1. The molecule has 1 amide bonds. The van der Waals surface area contributed by atoms with E-state index in [1.54, 1.807) is 53.7 Å². The van der Waals surface area contributed by atoms with Crippen molar-refractivity contribution < 1.29 is 4.79 Å². The lowest BCUT2D eigenvalue weighted by Crippen LogP contribution is -2.27. The van der Waals surface area contributed by atoms with E-state index in [-0.39, 0.29) is 11.9 Å². The van der Waals surface area contributed by atoms with Crippen LogP contribution in [-0.2, 0) is 6.42 Å². The minimum atomic E-state index is -0.318. The van der Waals surface area contributed by atoms with Gasteiger partial charge in [-0.2, -0.15) is 4.68 Å². The Morgan fingerprint density at radius 1 is 1.16 bits per heavy atom. The molecule has 0 aliphatic heterocycles. The molecule has 0 saturated heterocycles. The van der Waals surface area contributed by atoms with Crippen molar-refractivity contribution in [2.24, 2.45) is 0 Å². The van der Waals surface area contributed by atoms with Crippen LogP contribution in [0.25, 0.3) is 16.9 Å². The first-order valence-electron chi connectivity index (χ1n) is 9.66. The summed E-state index contributed by atoms with van der Waals surface area (Å²) in [5.41, 5.74) is 3.18. The van der Waals surface area contributed by atoms with Crippen molar-refractivity contribution in [3.8, 4) is 16.9 Å². The molecule has 4 aromatic rings. The highest BCUT2D eigenvalue weighted by Gasteiger charge is 2.17. The highest BCUT2D eigenvalue weighted by Crippen LogP contribution is 2.24. The van der Waals surface area contributed by atoms with Crippen molar-refractivity contribution in [1.82, 2.24) is 40.5 Å². The van der Waals surface area contributed by atoms with Crippen LogP contribution < -0.4 is 5.32 Å². The van der Waals surface area contributed by atoms with Gasteiger partial charge in [-0.15, -0.1) is 5.10 Å². The summed E-state index contributed by atoms with van der Waals surface area (Å²) in [7, 11) is 0. The molecule has 0 bridgehead atoms. The number of amides is 1. The van der Waals surface area contributed by atoms with E-state index in [1.165, 1.54) is 0 Å². The minimum absolute atomic E-state index is 0.263. The lowest BCUT2D eigenvalue weighted by molar-refractivity contribution is 0.0939. The Kier molecular flexibility index (Phi) is 5.94. The summed E-state index contributed by atoms with van der Waals surface area (Å²) in [6.07, 6.45) is 7.01. The molecule has 0 radical (unpaired) electrons. The fourth-order valence-corrected chi connectivity index (χ4v) is 3.19. The maximum Gasteiger partial charge on any atom is 0.251 e. The molecule has 31 heavy (non-hydrogen) atoms. The van der Waals surface area contributed by atoms with Gasteiger partial charge in [0.1, 0.15) is 0 Å². The molecule has 1 aromatic carbocycles. The molecule has 4 rings (SSSR count). The maximum atomic E-state index is 13.1. The van der Waals surface area contributed by atoms with Crippen molar-refractivity contribution in [2.45, 2.75) is 26.3 Å². The van der Waals surface area contributed by atoms with E-state index >= 15 is 0 Å². The second kappa shape index (κ2) is 8.97. The van der Waals surface area contributed by atoms with Gasteiger partial charge >= 0.3 is 0 Å². The summed E-state index contributed by atoms with van der Waals surface area (Å²) in [6, 6.07) is 8.63. The summed E-state index contributed by atoms with van der Waals surface area (Å²) in [5.74, 6) is 0.418. The number of nitrogens with one attached hydrogen (secondary N) is 1. The zero-order valence-corrected chi connectivity index (χ0v) is 17.7. The van der Waals surface area contributed by atoms with Crippen LogP contribution in [0.5, 0.6) is 0 Å². The maximum absolute atomic E-state index is 13.1. The predicted octanol–water partition coefficient (Wildman–Crippen LogP) is 3.22. The number of aryl methyl sites for hydroxylation is 1. The number of nitrogens with zero attached hydrogens (tertiary/aromatic N) is 7. The monoisotopic (exact) mass is 434 g/mol. The lowest BCUT2D eigenvalue weighted by atomic mass is 10.0. The smallest absolute Gasteiger partial charge is 0.251 e. The second-order valence-corrected chi connectivity index (χ2v) is 7.25. The van der Waals surface area contributed by atoms with Crippen LogP contribution in [0.3, 0.4) is 0 Å². The first kappa shape index (κ1) is 20.5. The first-order chi connectivity index (χ1) is 15.0. The van der Waals surface area contributed by atoms with Gasteiger partial charge in [-0.3, -0.25) is 19.7 Å². The number of carbonyl (C=O) groups excluding carboxylic acids is 1. The number of hydrogen-bond acceptors (Lipinski definition) is 7. The average molecular weight is 435 g/mol. The van der Waals surface area contributed by atoms with Gasteiger partial charge in [0, 0.05) is 36.1 Å². The van der Waals surface area contributed by atoms with Crippen molar-refractivity contribution in [1.29, 1.82) is 0 Å². The quantitative estimate of drug-likeness (QED) is 0.495. The van der Waals surface area contributed by atoms with E-state index in [1.807, 2.05) is 19.9 Å². The molecule has 0 aliphatic carbocycles. The summed E-state index contributed by atoms with van der Waals surface area (Å²) >= 11 is 5.98. The van der Waals surface area contributed by atoms with E-state index in [0.717, 1.165) is 5.56 Å². The summed E-state index contributed by atoms with van der Waals surface area (Å²) < 4.78 is 1.61. The van der Waals surface area contributed by atoms with Crippen molar-refractivity contribution in [2.75, 3.05) is 0 Å². The summed E-state index contributed by atoms with van der Waals surface area (Å²) in [6.45, 7) is 3.81. The molecule has 9 nitrogen and oxygen atoms in total. The molecule has 1 unspecified atom stereocenters. The number of rotatable bonds is 6. The van der Waals surface area contributed by atoms with E-state index in [9.17, 15) is 4.79 Å². The fourth-order valence-electron chi connectivity index (χ4n) is 3.07. The van der Waals surface area contributed by atoms with Gasteiger partial charge in [0.25, 0.3) is 5.91 Å². The number of halogens is 1. The number of benzene rings is 1. The molecule has 3 aromatic heterocycles. The summed E-state index contributed by atoms with van der Waals surface area (Å²) in [5, 5.41) is 15.4. The van der Waals surface area contributed by atoms with Crippen molar-refractivity contribution in [3.05, 3.63) is 77.2 Å². The molecule has 0 spiro atoms. The fraction of sp³-hybridized carbons (Fsp3) is 0.190. The Morgan fingerprint density at radius 3 is 2.74 bits per heavy atom. The van der Waals surface area contributed by atoms with Gasteiger partial charge in [0.2, 0.25) is 0 Å². The molecule has 0 saturated carbocycles. The van der Waals surface area contributed by atoms with E-state index in [0.29, 0.717) is 39.9 Å². The normalized spacial score (nSPS) is 11.8. The third-order valence-electron chi connectivity index (χ3n) is 4.67. The zero-order valence-electron chi connectivity index (χ0n) is 16.9. The Balaban J connectivity index is 1.74. The topological polar surface area (TPSA) is 111 Å². The third kappa shape index (κ3) is 4.56. The third-order valence-corrected chi connectivity index (χ3v) is 4.90. The minimum Gasteiger partial charge on any atom is -0.344 e. The molecular weight excluding hydrogens is 416 g/mol. The number of tetrazole rings is 1. The standard InChI is InChI=1S/C21H19ClN8O/c1-3-20-27-28-29-30(20)17-9-14(18-5-4-16(22)11-25-18)8-15(10-17)21(31)26-13(2)19-12-23-6-7-24-19/h4-13H,3H2,1-2H3,(H,26,31). The molecule has 0 aliphatic rings. The highest BCUT2D eigenvalue weighted by atomic mass is 35.5. The van der Waals surface area contributed by atoms with Crippen LogP contribution in [0.4, 0.5) is 0 Å². The van der Waals surface area contributed by atoms with Crippen molar-refractivity contribution >= 4 is 17.5 Å². The van der Waals surface area contributed by atoms with E-state index < -0.39 is 0 Å². The molecule has 1 atom stereocenters. The van der Waals surface area contributed by atoms with Crippen LogP contribution in [0, 0.1) is 0 Å². The first-order valence-corrected chi connectivity index (χ1v) is 10.0. The lowest BCUT2D eigenvalue weighted by Gasteiger charge is -2.15. The van der Waals surface area contributed by atoms with Crippen LogP contribution in [0.15, 0.2) is 55.1 Å². The van der Waals surface area contributed by atoms with Crippen LogP contribution in [0.2, 0.25) is 5.02 Å². The molecule has 10 heteroatoms. The Labute approximate surface area is 183 Å². The number of pyridine rings is 1. The highest BCUT2D eigenvalue weighted by molar-refractivity contribution is 6.30. The largest absolute Gasteiger partial charge is 0.344 e. The Morgan fingerprint density at radius 2 is 2.03 bits per heavy atom. The van der Waals surface area contributed by atoms with Crippen LogP contribution in [-0.4, -0.2) is 41.1 Å². The van der Waals surface area contributed by atoms with Crippen LogP contribution >= 0.6 is 11.6 Å². The molecular formula is C21H19ClN8O. The van der Waals surface area contributed by atoms with E-state index in [4.69, 9.17) is 11.6 Å². The van der Waals surface area contributed by atoms with Crippen molar-refractivity contribution in [3.63, 3.8) is 0 Å². The van der Waals surface area contributed by atoms with Gasteiger partial charge in [-0.05, 0) is 47.7 Å². The number of hydrogen-bond donors (Lipinski definition) is 1. The van der Waals surface area contributed by atoms with Gasteiger partial charge in [0.05, 0.1) is 34.3 Å². The second-order valence-electron chi connectivity index (χ2n) is 6.82. The molecule has 156 valence electrons. The van der Waals surface area contributed by atoms with Gasteiger partial charge < -0.3 is 5.32 Å². The van der Waals surface area contributed by atoms with E-state index in [2.05, 4.69) is 35.8 Å². The van der Waals surface area contributed by atoms with Crippen LogP contribution in [0.1, 0.15) is 41.8 Å². The number of aromatic nitrogens is 7. The average Bonchev–Trinajstić information content (AvgIpc) is 3.29. The van der Waals surface area contributed by atoms with Gasteiger partial charge in [-0.1, -0.05) is 18.5 Å². The van der Waals surface area contributed by atoms with Gasteiger partial charge in [0.15, 0.2) is 5.82 Å². The Hall–Kier alpha value is -3.72. The summed E-state index contributed by atoms with van der Waals surface area (Å²) in [4.78, 5) is 25.8. The SMILES string of the molecule is CCc1nnnn1-c1cc(C(=O)NC(C)c2cnccn2)cc(-c2ccc(Cl)cn2)c1.